The first kappa shape index (κ1) is 30.5. The zero-order valence-electron chi connectivity index (χ0n) is 25.8. The molecule has 0 bridgehead atoms. The topological polar surface area (TPSA) is 90.4 Å². The Morgan fingerprint density at radius 1 is 0.932 bits per heavy atom. The molecule has 2 fully saturated rings. The molecule has 1 spiro atoms. The number of nitrogens with zero attached hydrogens (tertiary/aromatic N) is 3. The molecular formula is C35H41N3O5S. The second-order valence-corrected chi connectivity index (χ2v) is 14.3. The molecule has 4 heterocycles. The Morgan fingerprint density at radius 2 is 1.64 bits per heavy atom. The third kappa shape index (κ3) is 4.85. The van der Waals surface area contributed by atoms with E-state index in [0.29, 0.717) is 26.1 Å². The van der Waals surface area contributed by atoms with Gasteiger partial charge in [-0.05, 0) is 63.9 Å². The molecule has 3 amide bonds. The first-order chi connectivity index (χ1) is 21.1. The second kappa shape index (κ2) is 11.7. The number of likely N-dealkylation sites (tertiary alicyclic amines) is 1. The highest BCUT2D eigenvalue weighted by Gasteiger charge is 2.74. The summed E-state index contributed by atoms with van der Waals surface area (Å²) in [6, 6.07) is 15.6. The summed E-state index contributed by atoms with van der Waals surface area (Å²) >= 11 is 1.56. The van der Waals surface area contributed by atoms with Crippen molar-refractivity contribution in [3.63, 3.8) is 0 Å². The van der Waals surface area contributed by atoms with Crippen LogP contribution in [0.5, 0.6) is 5.75 Å². The van der Waals surface area contributed by atoms with Crippen LogP contribution in [0.1, 0.15) is 33.3 Å². The van der Waals surface area contributed by atoms with Gasteiger partial charge in [0.05, 0.1) is 35.8 Å². The van der Waals surface area contributed by atoms with Crippen molar-refractivity contribution >= 4 is 35.2 Å². The van der Waals surface area contributed by atoms with Gasteiger partial charge in [0.15, 0.2) is 0 Å². The zero-order valence-corrected chi connectivity index (χ0v) is 26.6. The van der Waals surface area contributed by atoms with E-state index in [2.05, 4.69) is 6.08 Å². The number of benzene rings is 2. The van der Waals surface area contributed by atoms with Gasteiger partial charge >= 0.3 is 0 Å². The number of hydrogen-bond acceptors (Lipinski definition) is 6. The Balaban J connectivity index is 1.45. The summed E-state index contributed by atoms with van der Waals surface area (Å²) < 4.78 is 3.93. The highest BCUT2D eigenvalue weighted by Crippen LogP contribution is 2.66. The Kier molecular flexibility index (Phi) is 8.13. The summed E-state index contributed by atoms with van der Waals surface area (Å²) in [7, 11) is 0. The van der Waals surface area contributed by atoms with Crippen molar-refractivity contribution in [1.82, 2.24) is 9.80 Å². The smallest absolute Gasteiger partial charge is 0.247 e. The molecule has 6 rings (SSSR count). The summed E-state index contributed by atoms with van der Waals surface area (Å²) in [6.07, 6.45) is 8.50. The summed E-state index contributed by atoms with van der Waals surface area (Å²) in [5.41, 5.74) is 1.70. The Bertz CT molecular complexity index is 1480. The van der Waals surface area contributed by atoms with Crippen molar-refractivity contribution in [3.8, 4) is 5.75 Å². The van der Waals surface area contributed by atoms with Crippen LogP contribution < -0.4 is 9.64 Å². The molecule has 8 nitrogen and oxygen atoms in total. The SMILES string of the molecule is CCOc1ccc(N2CC=C[C@@]3(C)S[C@]45C=CCN(C(C)C)C(=O)C4N([C@@H](CO)Cc4ccccc4)C(=O)[C@@H]5[C@H]3C2=O)cc1. The fourth-order valence-electron chi connectivity index (χ4n) is 7.59. The summed E-state index contributed by atoms with van der Waals surface area (Å²) in [5, 5.41) is 10.7. The van der Waals surface area contributed by atoms with Crippen LogP contribution in [0.2, 0.25) is 0 Å². The van der Waals surface area contributed by atoms with Crippen LogP contribution in [0, 0.1) is 11.8 Å². The normalized spacial score (nSPS) is 30.3. The molecule has 0 saturated carbocycles. The van der Waals surface area contributed by atoms with Crippen LogP contribution in [-0.4, -0.2) is 86.6 Å². The zero-order chi connectivity index (χ0) is 31.2. The average Bonchev–Trinajstić information content (AvgIpc) is 3.28. The quantitative estimate of drug-likeness (QED) is 0.450. The minimum atomic E-state index is -0.969. The molecule has 0 radical (unpaired) electrons. The van der Waals surface area contributed by atoms with Gasteiger partial charge in [-0.15, -0.1) is 11.8 Å². The van der Waals surface area contributed by atoms with Gasteiger partial charge in [0.2, 0.25) is 17.7 Å². The molecular weight excluding hydrogens is 574 g/mol. The number of fused-ring (bicyclic) bond motifs is 2. The minimum Gasteiger partial charge on any atom is -0.494 e. The van der Waals surface area contributed by atoms with Crippen molar-refractivity contribution in [2.75, 3.05) is 31.2 Å². The maximum Gasteiger partial charge on any atom is 0.247 e. The van der Waals surface area contributed by atoms with Crippen LogP contribution >= 0.6 is 11.8 Å². The minimum absolute atomic E-state index is 0.0795. The van der Waals surface area contributed by atoms with Gasteiger partial charge in [-0.3, -0.25) is 14.4 Å². The highest BCUT2D eigenvalue weighted by molar-refractivity contribution is 8.02. The molecule has 4 aliphatic heterocycles. The number of aliphatic hydroxyl groups excluding tert-OH is 1. The van der Waals surface area contributed by atoms with Gasteiger partial charge in [-0.1, -0.05) is 54.6 Å². The fraction of sp³-hybridized carbons (Fsp3) is 0.457. The van der Waals surface area contributed by atoms with Crippen LogP contribution in [-0.2, 0) is 20.8 Å². The summed E-state index contributed by atoms with van der Waals surface area (Å²) in [4.78, 5) is 49.3. The van der Waals surface area contributed by atoms with Crippen LogP contribution in [0.15, 0.2) is 78.9 Å². The lowest BCUT2D eigenvalue weighted by Gasteiger charge is -2.40. The van der Waals surface area contributed by atoms with Crippen molar-refractivity contribution in [2.24, 2.45) is 11.8 Å². The largest absolute Gasteiger partial charge is 0.494 e. The van der Waals surface area contributed by atoms with E-state index < -0.39 is 33.4 Å². The number of ether oxygens (including phenoxy) is 1. The Morgan fingerprint density at radius 3 is 2.30 bits per heavy atom. The fourth-order valence-corrected chi connectivity index (χ4v) is 9.74. The molecule has 232 valence electrons. The number of carbonyl (C=O) groups excluding carboxylic acids is 3. The lowest BCUT2D eigenvalue weighted by Crippen LogP contribution is -2.58. The maximum atomic E-state index is 14.9. The molecule has 44 heavy (non-hydrogen) atoms. The van der Waals surface area contributed by atoms with E-state index in [9.17, 15) is 19.5 Å². The maximum absolute atomic E-state index is 14.9. The van der Waals surface area contributed by atoms with Crippen molar-refractivity contribution < 1.29 is 24.2 Å². The van der Waals surface area contributed by atoms with Gasteiger partial charge in [0.25, 0.3) is 0 Å². The van der Waals surface area contributed by atoms with Gasteiger partial charge in [0, 0.05) is 29.6 Å². The van der Waals surface area contributed by atoms with E-state index in [1.54, 1.807) is 26.5 Å². The predicted molar refractivity (Wildman–Crippen MR) is 172 cm³/mol. The molecule has 2 saturated heterocycles. The van der Waals surface area contributed by atoms with Crippen molar-refractivity contribution in [3.05, 3.63) is 84.5 Å². The number of hydrogen-bond donors (Lipinski definition) is 1. The molecule has 0 aliphatic carbocycles. The van der Waals surface area contributed by atoms with Crippen molar-refractivity contribution in [2.45, 2.75) is 61.7 Å². The first-order valence-corrected chi connectivity index (χ1v) is 16.3. The number of anilines is 1. The molecule has 2 aromatic carbocycles. The van der Waals surface area contributed by atoms with E-state index in [0.717, 1.165) is 17.0 Å². The number of amides is 3. The molecule has 6 atom stereocenters. The van der Waals surface area contributed by atoms with Gasteiger partial charge in [-0.25, -0.2) is 0 Å². The number of thioether (sulfide) groups is 1. The standard InChI is InChI=1S/C35H41N3O5S/c1-5-43-27-15-13-25(14-16-27)37-20-9-17-34(4)28(31(37)40)29-32(41)38(26(22-39)21-24-11-7-6-8-12-24)30-33(42)36(23(2)3)19-10-18-35(29,30)44-34/h6-18,23,26,28-30,39H,5,19-22H2,1-4H3/t26-,28+,29+,30?,34-,35+/m1/s1. The van der Waals surface area contributed by atoms with E-state index in [1.165, 1.54) is 0 Å². The molecule has 2 aromatic rings. The van der Waals surface area contributed by atoms with E-state index in [4.69, 9.17) is 4.74 Å². The van der Waals surface area contributed by atoms with Crippen LogP contribution in [0.3, 0.4) is 0 Å². The molecule has 1 unspecified atom stereocenters. The number of aliphatic hydroxyl groups is 1. The van der Waals surface area contributed by atoms with E-state index >= 15 is 0 Å². The number of rotatable bonds is 8. The van der Waals surface area contributed by atoms with Crippen molar-refractivity contribution in [1.29, 1.82) is 0 Å². The lowest BCUT2D eigenvalue weighted by atomic mass is 9.74. The second-order valence-electron chi connectivity index (χ2n) is 12.5. The van der Waals surface area contributed by atoms with E-state index in [-0.39, 0.29) is 30.4 Å². The lowest BCUT2D eigenvalue weighted by molar-refractivity contribution is -0.146. The third-order valence-corrected chi connectivity index (χ3v) is 11.3. The molecule has 0 aromatic heterocycles. The highest BCUT2D eigenvalue weighted by atomic mass is 32.2. The Hall–Kier alpha value is -3.56. The Labute approximate surface area is 263 Å². The number of carbonyl (C=O) groups is 3. The third-order valence-electron chi connectivity index (χ3n) is 9.53. The molecule has 1 N–H and O–H groups in total. The van der Waals surface area contributed by atoms with Gasteiger partial charge in [0.1, 0.15) is 11.8 Å². The molecule has 9 heteroatoms. The van der Waals surface area contributed by atoms with E-state index in [1.807, 2.05) is 101 Å². The first-order valence-electron chi connectivity index (χ1n) is 15.5. The molecule has 4 aliphatic rings. The van der Waals surface area contributed by atoms with Crippen LogP contribution in [0.25, 0.3) is 0 Å². The predicted octanol–water partition coefficient (Wildman–Crippen LogP) is 4.09. The monoisotopic (exact) mass is 615 g/mol. The van der Waals surface area contributed by atoms with Crippen LogP contribution in [0.4, 0.5) is 5.69 Å². The van der Waals surface area contributed by atoms with Gasteiger partial charge < -0.3 is 24.5 Å². The van der Waals surface area contributed by atoms with Gasteiger partial charge in [-0.2, -0.15) is 0 Å². The summed E-state index contributed by atoms with van der Waals surface area (Å²) in [6.45, 7) is 8.96. The average molecular weight is 616 g/mol. The summed E-state index contributed by atoms with van der Waals surface area (Å²) in [5.74, 6) is -1.29.